The Morgan fingerprint density at radius 3 is 1.79 bits per heavy atom. The third kappa shape index (κ3) is 3.54. The minimum Gasteiger partial charge on any atom is -0.508 e. The van der Waals surface area contributed by atoms with Gasteiger partial charge in [-0.3, -0.25) is 0 Å². The van der Waals surface area contributed by atoms with Gasteiger partial charge in [-0.25, -0.2) is 4.79 Å². The molecule has 0 bridgehead atoms. The van der Waals surface area contributed by atoms with Crippen LogP contribution < -0.4 is 59.1 Å². The van der Waals surface area contributed by atoms with Crippen molar-refractivity contribution in [2.75, 3.05) is 0 Å². The van der Waals surface area contributed by atoms with E-state index in [2.05, 4.69) is 0 Å². The molecule has 0 atom stereocenters. The summed E-state index contributed by atoms with van der Waals surface area (Å²) in [6, 6.07) is 17.7. The largest absolute Gasteiger partial charge is 1.00 e. The normalized spacial score (nSPS) is 13.7. The van der Waals surface area contributed by atoms with E-state index in [1.807, 2.05) is 24.3 Å². The zero-order chi connectivity index (χ0) is 18.5. The Labute approximate surface area is 208 Å². The summed E-state index contributed by atoms with van der Waals surface area (Å²) in [5.41, 5.74) is 3.03. The smallest absolute Gasteiger partial charge is 0.508 e. The van der Waals surface area contributed by atoms with Crippen LogP contribution in [0.4, 0.5) is 0 Å². The third-order valence-corrected chi connectivity index (χ3v) is 4.98. The number of phenolic OH excluding ortho intramolecular Hbond substituents is 2. The van der Waals surface area contributed by atoms with Gasteiger partial charge >= 0.3 is 65.1 Å². The Bertz CT molecular complexity index is 995. The van der Waals surface area contributed by atoms with Crippen molar-refractivity contribution in [3.63, 3.8) is 0 Å². The maximum absolute atomic E-state index is 12.6. The van der Waals surface area contributed by atoms with Gasteiger partial charge < -0.3 is 14.9 Å². The predicted molar refractivity (Wildman–Crippen MR) is 97.4 cm³/mol. The van der Waals surface area contributed by atoms with Crippen molar-refractivity contribution in [1.82, 2.24) is 0 Å². The summed E-state index contributed by atoms with van der Waals surface area (Å²) in [6.45, 7) is 3.61. The van der Waals surface area contributed by atoms with Crippen LogP contribution in [0.15, 0.2) is 60.7 Å². The van der Waals surface area contributed by atoms with E-state index in [-0.39, 0.29) is 70.6 Å². The van der Waals surface area contributed by atoms with E-state index in [0.29, 0.717) is 16.7 Å². The van der Waals surface area contributed by atoms with Crippen molar-refractivity contribution in [2.24, 2.45) is 0 Å². The maximum atomic E-state index is 12.6. The van der Waals surface area contributed by atoms with Crippen LogP contribution in [0.1, 0.15) is 38.2 Å². The van der Waals surface area contributed by atoms with Crippen LogP contribution in [0.2, 0.25) is 0 Å². The molecule has 0 saturated heterocycles. The Hall–Kier alpha value is -1.27. The molecule has 28 heavy (non-hydrogen) atoms. The standard InChI is InChI=1S/C22H18O4.2Na/c1-13-11-15(7-9-19(13)23)22(16-8-10-20(24)14(2)12-16)18-6-4-3-5-17(18)21(25)26-22;;/h3-12,23-24H,1-2H3;;/q;2*+1. The second-order valence-corrected chi connectivity index (χ2v) is 6.62. The van der Waals surface area contributed by atoms with Gasteiger partial charge in [0.25, 0.3) is 0 Å². The summed E-state index contributed by atoms with van der Waals surface area (Å²) in [5, 5.41) is 19.9. The van der Waals surface area contributed by atoms with E-state index in [0.717, 1.165) is 16.7 Å². The van der Waals surface area contributed by atoms with Crippen LogP contribution in [-0.4, -0.2) is 16.2 Å². The molecule has 1 heterocycles. The minimum atomic E-state index is -1.12. The van der Waals surface area contributed by atoms with Crippen molar-refractivity contribution in [2.45, 2.75) is 19.4 Å². The van der Waals surface area contributed by atoms with Crippen molar-refractivity contribution in [3.8, 4) is 11.5 Å². The number of aryl methyl sites for hydroxylation is 2. The Morgan fingerprint density at radius 2 is 1.29 bits per heavy atom. The fraction of sp³-hybridized carbons (Fsp3) is 0.136. The van der Waals surface area contributed by atoms with Gasteiger partial charge in [-0.05, 0) is 55.3 Å². The summed E-state index contributed by atoms with van der Waals surface area (Å²) < 4.78 is 5.98. The number of carbonyl (C=O) groups is 1. The zero-order valence-corrected chi connectivity index (χ0v) is 20.5. The van der Waals surface area contributed by atoms with E-state index in [4.69, 9.17) is 4.74 Å². The number of ether oxygens (including phenoxy) is 1. The number of hydrogen-bond acceptors (Lipinski definition) is 4. The van der Waals surface area contributed by atoms with E-state index >= 15 is 0 Å². The van der Waals surface area contributed by atoms with Gasteiger partial charge in [0.1, 0.15) is 11.5 Å². The second kappa shape index (κ2) is 8.62. The predicted octanol–water partition coefficient (Wildman–Crippen LogP) is -1.82. The first-order chi connectivity index (χ1) is 12.4. The maximum Gasteiger partial charge on any atom is 1.00 e. The number of cyclic esters (lactones) is 1. The number of phenols is 2. The molecule has 0 radical (unpaired) electrons. The number of rotatable bonds is 2. The number of carbonyl (C=O) groups excluding carboxylic acids is 1. The Kier molecular flexibility index (Phi) is 7.08. The topological polar surface area (TPSA) is 66.8 Å². The molecule has 130 valence electrons. The average Bonchev–Trinajstić information content (AvgIpc) is 2.94. The van der Waals surface area contributed by atoms with Gasteiger partial charge in [0, 0.05) is 16.7 Å². The molecule has 0 spiro atoms. The molecular weight excluding hydrogens is 374 g/mol. The van der Waals surface area contributed by atoms with Gasteiger partial charge in [-0.1, -0.05) is 30.3 Å². The molecule has 0 unspecified atom stereocenters. The van der Waals surface area contributed by atoms with E-state index < -0.39 is 11.6 Å². The number of aromatic hydroxyl groups is 2. The van der Waals surface area contributed by atoms with Crippen LogP contribution in [0.25, 0.3) is 0 Å². The molecule has 3 aromatic carbocycles. The van der Waals surface area contributed by atoms with Gasteiger partial charge in [0.15, 0.2) is 5.60 Å². The minimum absolute atomic E-state index is 0. The fourth-order valence-corrected chi connectivity index (χ4v) is 3.56. The summed E-state index contributed by atoms with van der Waals surface area (Å²) in [7, 11) is 0. The molecule has 1 aliphatic rings. The molecule has 0 fully saturated rings. The second-order valence-electron chi connectivity index (χ2n) is 6.62. The Balaban J connectivity index is 0.00000140. The van der Waals surface area contributed by atoms with Crippen molar-refractivity contribution in [1.29, 1.82) is 0 Å². The zero-order valence-electron chi connectivity index (χ0n) is 16.5. The summed E-state index contributed by atoms with van der Waals surface area (Å²) in [6.07, 6.45) is 0. The van der Waals surface area contributed by atoms with Crippen LogP contribution in [0.3, 0.4) is 0 Å². The third-order valence-electron chi connectivity index (χ3n) is 4.98. The van der Waals surface area contributed by atoms with Crippen molar-refractivity contribution >= 4 is 5.97 Å². The molecule has 0 aromatic heterocycles. The molecule has 3 aromatic rings. The number of hydrogen-bond donors (Lipinski definition) is 2. The van der Waals surface area contributed by atoms with E-state index in [9.17, 15) is 15.0 Å². The van der Waals surface area contributed by atoms with Crippen LogP contribution in [-0.2, 0) is 10.3 Å². The Morgan fingerprint density at radius 1 is 0.786 bits per heavy atom. The molecular formula is C22H18Na2O4+2. The molecule has 1 aliphatic heterocycles. The number of benzene rings is 3. The van der Waals surface area contributed by atoms with Gasteiger partial charge in [0.2, 0.25) is 0 Å². The molecule has 0 amide bonds. The molecule has 0 saturated carbocycles. The van der Waals surface area contributed by atoms with Gasteiger partial charge in [0.05, 0.1) is 5.56 Å². The molecule has 0 aliphatic carbocycles. The molecule has 4 nitrogen and oxygen atoms in total. The fourth-order valence-electron chi connectivity index (χ4n) is 3.56. The van der Waals surface area contributed by atoms with Crippen molar-refractivity contribution in [3.05, 3.63) is 94.0 Å². The van der Waals surface area contributed by atoms with Gasteiger partial charge in [-0.2, -0.15) is 0 Å². The van der Waals surface area contributed by atoms with Gasteiger partial charge in [-0.15, -0.1) is 0 Å². The van der Waals surface area contributed by atoms with Crippen LogP contribution >= 0.6 is 0 Å². The van der Waals surface area contributed by atoms with Crippen LogP contribution in [0, 0.1) is 13.8 Å². The first kappa shape index (κ1) is 23.0. The molecule has 4 rings (SSSR count). The summed E-state index contributed by atoms with van der Waals surface area (Å²) in [4.78, 5) is 12.6. The van der Waals surface area contributed by atoms with E-state index in [1.165, 1.54) is 0 Å². The van der Waals surface area contributed by atoms with Crippen molar-refractivity contribution < 1.29 is 78.9 Å². The first-order valence-electron chi connectivity index (χ1n) is 8.36. The summed E-state index contributed by atoms with van der Waals surface area (Å²) in [5.74, 6) is -0.0242. The first-order valence-corrected chi connectivity index (χ1v) is 8.36. The quantitative estimate of drug-likeness (QED) is 0.399. The number of fused-ring (bicyclic) bond motifs is 1. The van der Waals surface area contributed by atoms with Crippen LogP contribution in [0.5, 0.6) is 11.5 Å². The summed E-state index contributed by atoms with van der Waals surface area (Å²) >= 11 is 0. The molecule has 2 N–H and O–H groups in total. The molecule has 6 heteroatoms. The van der Waals surface area contributed by atoms with E-state index in [1.54, 1.807) is 50.2 Å². The SMILES string of the molecule is Cc1cc(C2(c3ccc(O)c(C)c3)OC(=O)c3ccccc32)ccc1O.[Na+].[Na+]. The monoisotopic (exact) mass is 392 g/mol. The number of esters is 1. The average molecular weight is 392 g/mol.